The topological polar surface area (TPSA) is 83.4 Å². The molecule has 0 radical (unpaired) electrons. The molecular formula is C20H13Cl2N3O3S. The Morgan fingerprint density at radius 2 is 1.79 bits per heavy atom. The van der Waals surface area contributed by atoms with Gasteiger partial charge in [-0.25, -0.2) is 0 Å². The van der Waals surface area contributed by atoms with Gasteiger partial charge in [0.25, 0.3) is 5.78 Å². The smallest absolute Gasteiger partial charge is 0.301 e. The van der Waals surface area contributed by atoms with Gasteiger partial charge in [-0.1, -0.05) is 70.9 Å². The number of nitrogens with zero attached hydrogens (tertiary/aromatic N) is 3. The number of ketones is 1. The Morgan fingerprint density at radius 1 is 1.07 bits per heavy atom. The third kappa shape index (κ3) is 3.42. The predicted molar refractivity (Wildman–Crippen MR) is 112 cm³/mol. The van der Waals surface area contributed by atoms with Crippen molar-refractivity contribution >= 4 is 57.1 Å². The van der Waals surface area contributed by atoms with E-state index in [2.05, 4.69) is 10.2 Å². The fourth-order valence-corrected chi connectivity index (χ4v) is 4.18. The SMILES string of the molecule is Cc1nnc(N2C(=O)C(=O)/C(=C(/O)c3ccccc3)C2c2ccc(Cl)c(Cl)c2)s1. The van der Waals surface area contributed by atoms with Crippen molar-refractivity contribution in [3.8, 4) is 0 Å². The van der Waals surface area contributed by atoms with Crippen molar-refractivity contribution in [3.63, 3.8) is 0 Å². The Balaban J connectivity index is 1.97. The van der Waals surface area contributed by atoms with Gasteiger partial charge in [0.2, 0.25) is 5.13 Å². The molecule has 4 rings (SSSR count). The van der Waals surface area contributed by atoms with Crippen LogP contribution in [0.25, 0.3) is 5.76 Å². The van der Waals surface area contributed by atoms with Crippen molar-refractivity contribution in [2.45, 2.75) is 13.0 Å². The third-order valence-electron chi connectivity index (χ3n) is 4.47. The van der Waals surface area contributed by atoms with E-state index in [0.717, 1.165) is 0 Å². The number of carbonyl (C=O) groups excluding carboxylic acids is 2. The molecule has 9 heteroatoms. The van der Waals surface area contributed by atoms with E-state index >= 15 is 0 Å². The molecule has 6 nitrogen and oxygen atoms in total. The number of carbonyl (C=O) groups is 2. The number of amides is 1. The summed E-state index contributed by atoms with van der Waals surface area (Å²) < 4.78 is 0. The first-order valence-corrected chi connectivity index (χ1v) is 10.1. The van der Waals surface area contributed by atoms with Crippen LogP contribution in [0.15, 0.2) is 54.1 Å². The molecule has 146 valence electrons. The zero-order chi connectivity index (χ0) is 20.7. The lowest BCUT2D eigenvalue weighted by Crippen LogP contribution is -2.29. The van der Waals surface area contributed by atoms with E-state index in [1.807, 2.05) is 0 Å². The van der Waals surface area contributed by atoms with Gasteiger partial charge in [0.15, 0.2) is 0 Å². The molecule has 29 heavy (non-hydrogen) atoms. The molecule has 1 unspecified atom stereocenters. The van der Waals surface area contributed by atoms with Crippen LogP contribution >= 0.6 is 34.5 Å². The number of halogens is 2. The summed E-state index contributed by atoms with van der Waals surface area (Å²) in [4.78, 5) is 27.1. The summed E-state index contributed by atoms with van der Waals surface area (Å²) in [6.45, 7) is 1.75. The lowest BCUT2D eigenvalue weighted by atomic mass is 9.95. The van der Waals surface area contributed by atoms with Crippen molar-refractivity contribution in [1.82, 2.24) is 10.2 Å². The van der Waals surface area contributed by atoms with Crippen LogP contribution in [0.2, 0.25) is 10.0 Å². The molecule has 1 atom stereocenters. The molecule has 1 aliphatic heterocycles. The first-order chi connectivity index (χ1) is 13.9. The molecule has 0 bridgehead atoms. The Morgan fingerprint density at radius 3 is 2.41 bits per heavy atom. The molecule has 1 aromatic heterocycles. The van der Waals surface area contributed by atoms with Crippen LogP contribution < -0.4 is 4.90 Å². The van der Waals surface area contributed by atoms with Crippen LogP contribution in [-0.4, -0.2) is 27.0 Å². The van der Waals surface area contributed by atoms with Gasteiger partial charge in [0.1, 0.15) is 10.8 Å². The van der Waals surface area contributed by atoms with E-state index in [4.69, 9.17) is 23.2 Å². The van der Waals surface area contributed by atoms with Gasteiger partial charge in [-0.15, -0.1) is 10.2 Å². The van der Waals surface area contributed by atoms with Gasteiger partial charge >= 0.3 is 5.91 Å². The van der Waals surface area contributed by atoms with E-state index in [0.29, 0.717) is 21.2 Å². The van der Waals surface area contributed by atoms with Crippen LogP contribution in [-0.2, 0) is 9.59 Å². The highest BCUT2D eigenvalue weighted by molar-refractivity contribution is 7.15. The number of anilines is 1. The van der Waals surface area contributed by atoms with Crippen LogP contribution in [0.1, 0.15) is 22.2 Å². The number of aliphatic hydroxyl groups excluding tert-OH is 1. The third-order valence-corrected chi connectivity index (χ3v) is 6.05. The summed E-state index contributed by atoms with van der Waals surface area (Å²) in [6.07, 6.45) is 0. The molecule has 0 saturated carbocycles. The van der Waals surface area contributed by atoms with E-state index in [9.17, 15) is 14.7 Å². The first kappa shape index (κ1) is 19.6. The molecule has 1 amide bonds. The number of aromatic nitrogens is 2. The van der Waals surface area contributed by atoms with E-state index < -0.39 is 17.7 Å². The van der Waals surface area contributed by atoms with Crippen LogP contribution in [0.5, 0.6) is 0 Å². The van der Waals surface area contributed by atoms with Crippen LogP contribution in [0.4, 0.5) is 5.13 Å². The summed E-state index contributed by atoms with van der Waals surface area (Å²) in [6, 6.07) is 12.4. The predicted octanol–water partition coefficient (Wildman–Crippen LogP) is 4.78. The van der Waals surface area contributed by atoms with Gasteiger partial charge in [-0.05, 0) is 24.6 Å². The Bertz CT molecular complexity index is 1160. The lowest BCUT2D eigenvalue weighted by Gasteiger charge is -2.22. The van der Waals surface area contributed by atoms with Crippen LogP contribution in [0.3, 0.4) is 0 Å². The normalized spacial score (nSPS) is 18.4. The van der Waals surface area contributed by atoms with Crippen molar-refractivity contribution < 1.29 is 14.7 Å². The molecule has 3 aromatic rings. The van der Waals surface area contributed by atoms with Crippen LogP contribution in [0, 0.1) is 6.92 Å². The van der Waals surface area contributed by atoms with Gasteiger partial charge in [-0.2, -0.15) is 0 Å². The minimum Gasteiger partial charge on any atom is -0.507 e. The average Bonchev–Trinajstić information content (AvgIpc) is 3.25. The van der Waals surface area contributed by atoms with Gasteiger partial charge in [-0.3, -0.25) is 14.5 Å². The highest BCUT2D eigenvalue weighted by atomic mass is 35.5. The molecule has 1 saturated heterocycles. The Labute approximate surface area is 180 Å². The van der Waals surface area contributed by atoms with Crippen molar-refractivity contribution in [2.24, 2.45) is 0 Å². The molecule has 2 heterocycles. The molecule has 0 spiro atoms. The van der Waals surface area contributed by atoms with Crippen molar-refractivity contribution in [2.75, 3.05) is 4.90 Å². The van der Waals surface area contributed by atoms with E-state index in [-0.39, 0.29) is 21.5 Å². The van der Waals surface area contributed by atoms with E-state index in [1.165, 1.54) is 16.2 Å². The minimum atomic E-state index is -0.919. The second-order valence-electron chi connectivity index (χ2n) is 6.31. The number of Topliss-reactive ketones (excluding diaryl/α,β-unsaturated/α-hetero) is 1. The number of hydrogen-bond acceptors (Lipinski definition) is 6. The maximum atomic E-state index is 12.9. The van der Waals surface area contributed by atoms with Gasteiger partial charge < -0.3 is 5.11 Å². The summed E-state index contributed by atoms with van der Waals surface area (Å²) in [5, 5.41) is 20.4. The Hall–Kier alpha value is -2.74. The molecule has 1 aliphatic rings. The Kier molecular flexibility index (Phi) is 5.12. The molecule has 2 aromatic carbocycles. The minimum absolute atomic E-state index is 0.0487. The monoisotopic (exact) mass is 445 g/mol. The fraction of sp³-hybridized carbons (Fsp3) is 0.100. The standard InChI is InChI=1S/C20H13Cl2N3O3S/c1-10-23-24-20(29-10)25-16(12-7-8-13(21)14(22)9-12)15(18(27)19(25)28)17(26)11-5-3-2-4-6-11/h2-9,16,26H,1H3/b17-15+. The van der Waals surface area contributed by atoms with Crippen molar-refractivity contribution in [3.05, 3.63) is 80.3 Å². The summed E-state index contributed by atoms with van der Waals surface area (Å²) in [5.74, 6) is -1.88. The van der Waals surface area contributed by atoms with Gasteiger partial charge in [0.05, 0.1) is 21.7 Å². The quantitative estimate of drug-likeness (QED) is 0.356. The molecule has 1 N–H and O–H groups in total. The summed E-state index contributed by atoms with van der Waals surface area (Å²) in [5.41, 5.74) is 0.889. The largest absolute Gasteiger partial charge is 0.507 e. The second-order valence-corrected chi connectivity index (χ2v) is 8.29. The zero-order valence-electron chi connectivity index (χ0n) is 15.0. The maximum absolute atomic E-state index is 12.9. The van der Waals surface area contributed by atoms with Crippen molar-refractivity contribution in [1.29, 1.82) is 0 Å². The number of aryl methyl sites for hydroxylation is 1. The van der Waals surface area contributed by atoms with Gasteiger partial charge in [0, 0.05) is 5.56 Å². The number of aliphatic hydroxyl groups is 1. The molecule has 1 fully saturated rings. The fourth-order valence-electron chi connectivity index (χ4n) is 3.16. The summed E-state index contributed by atoms with van der Waals surface area (Å²) >= 11 is 13.4. The first-order valence-electron chi connectivity index (χ1n) is 8.50. The lowest BCUT2D eigenvalue weighted by molar-refractivity contribution is -0.132. The zero-order valence-corrected chi connectivity index (χ0v) is 17.3. The number of rotatable bonds is 3. The number of benzene rings is 2. The highest BCUT2D eigenvalue weighted by Gasteiger charge is 2.48. The highest BCUT2D eigenvalue weighted by Crippen LogP contribution is 2.43. The molecule has 0 aliphatic carbocycles. The average molecular weight is 446 g/mol. The van der Waals surface area contributed by atoms with E-state index in [1.54, 1.807) is 55.5 Å². The maximum Gasteiger partial charge on any atom is 0.301 e. The second kappa shape index (κ2) is 7.59. The summed E-state index contributed by atoms with van der Waals surface area (Å²) in [7, 11) is 0. The number of hydrogen-bond donors (Lipinski definition) is 1. The molecular weight excluding hydrogens is 433 g/mol.